The highest BCUT2D eigenvalue weighted by atomic mass is 35.5. The van der Waals surface area contributed by atoms with Gasteiger partial charge in [0.2, 0.25) is 0 Å². The third-order valence-corrected chi connectivity index (χ3v) is 3.90. The molecule has 0 spiro atoms. The third-order valence-electron chi connectivity index (χ3n) is 3.04. The molecule has 1 fully saturated rings. The molecule has 0 aliphatic carbocycles. The summed E-state index contributed by atoms with van der Waals surface area (Å²) in [7, 11) is 0. The van der Waals surface area contributed by atoms with E-state index in [-0.39, 0.29) is 12.4 Å². The van der Waals surface area contributed by atoms with Crippen LogP contribution in [0.4, 0.5) is 0 Å². The van der Waals surface area contributed by atoms with Crippen molar-refractivity contribution in [3.05, 3.63) is 33.8 Å². The van der Waals surface area contributed by atoms with Crippen LogP contribution in [0.25, 0.3) is 0 Å². The Morgan fingerprint density at radius 2 is 2.18 bits per heavy atom. The molecule has 5 heteroatoms. The summed E-state index contributed by atoms with van der Waals surface area (Å²) in [4.78, 5) is 2.42. The van der Waals surface area contributed by atoms with Gasteiger partial charge < -0.3 is 5.32 Å². The van der Waals surface area contributed by atoms with E-state index in [1.54, 1.807) is 0 Å². The zero-order chi connectivity index (χ0) is 11.5. The van der Waals surface area contributed by atoms with Gasteiger partial charge in [-0.05, 0) is 18.6 Å². The Morgan fingerprint density at radius 3 is 2.88 bits per heavy atom. The Morgan fingerprint density at radius 1 is 1.41 bits per heavy atom. The van der Waals surface area contributed by atoms with Crippen LogP contribution in [-0.4, -0.2) is 30.6 Å². The molecule has 0 aromatic heterocycles. The zero-order valence-electron chi connectivity index (χ0n) is 9.75. The van der Waals surface area contributed by atoms with E-state index in [0.29, 0.717) is 16.1 Å². The molecule has 1 atom stereocenters. The monoisotopic (exact) mass is 294 g/mol. The van der Waals surface area contributed by atoms with Crippen molar-refractivity contribution in [1.29, 1.82) is 0 Å². The van der Waals surface area contributed by atoms with E-state index in [1.165, 1.54) is 0 Å². The van der Waals surface area contributed by atoms with Gasteiger partial charge in [0.15, 0.2) is 0 Å². The van der Waals surface area contributed by atoms with Crippen LogP contribution in [0.15, 0.2) is 18.2 Å². The van der Waals surface area contributed by atoms with Gasteiger partial charge in [0.05, 0.1) is 10.0 Å². The smallest absolute Gasteiger partial charge is 0.0637 e. The molecule has 1 aliphatic heterocycles. The number of rotatable bonds is 2. The number of nitrogens with zero attached hydrogens (tertiary/aromatic N) is 1. The molecule has 96 valence electrons. The number of halogens is 3. The van der Waals surface area contributed by atoms with E-state index in [0.717, 1.165) is 31.7 Å². The maximum Gasteiger partial charge on any atom is 0.0637 e. The highest BCUT2D eigenvalue weighted by molar-refractivity contribution is 6.42. The molecule has 17 heavy (non-hydrogen) atoms. The number of hydrogen-bond donors (Lipinski definition) is 1. The maximum atomic E-state index is 6.19. The maximum absolute atomic E-state index is 6.19. The van der Waals surface area contributed by atoms with E-state index in [9.17, 15) is 0 Å². The van der Waals surface area contributed by atoms with E-state index >= 15 is 0 Å². The van der Waals surface area contributed by atoms with Gasteiger partial charge in [-0.25, -0.2) is 0 Å². The van der Waals surface area contributed by atoms with Gasteiger partial charge in [-0.2, -0.15) is 0 Å². The van der Waals surface area contributed by atoms with E-state index in [1.807, 2.05) is 18.2 Å². The van der Waals surface area contributed by atoms with Crippen LogP contribution in [-0.2, 0) is 6.54 Å². The second-order valence-corrected chi connectivity index (χ2v) is 5.02. The molecule has 2 rings (SSSR count). The van der Waals surface area contributed by atoms with Crippen LogP contribution in [0.3, 0.4) is 0 Å². The van der Waals surface area contributed by atoms with Gasteiger partial charge in [0.1, 0.15) is 0 Å². The number of nitrogens with one attached hydrogen (secondary N) is 1. The van der Waals surface area contributed by atoms with Gasteiger partial charge >= 0.3 is 0 Å². The SMILES string of the molecule is C[C@@H]1CNCCN1Cc1cccc(Cl)c1Cl.Cl. The molecule has 0 unspecified atom stereocenters. The largest absolute Gasteiger partial charge is 0.314 e. The van der Waals surface area contributed by atoms with E-state index < -0.39 is 0 Å². The first-order chi connectivity index (χ1) is 7.68. The Kier molecular flexibility index (Phi) is 6.04. The highest BCUT2D eigenvalue weighted by Gasteiger charge is 2.18. The fourth-order valence-corrected chi connectivity index (χ4v) is 2.39. The molecule has 0 saturated carbocycles. The molecule has 1 saturated heterocycles. The summed E-state index contributed by atoms with van der Waals surface area (Å²) in [6.07, 6.45) is 0. The number of piperazine rings is 1. The Balaban J connectivity index is 0.00000144. The molecule has 1 aromatic rings. The van der Waals surface area contributed by atoms with Crippen molar-refractivity contribution in [2.75, 3.05) is 19.6 Å². The predicted molar refractivity (Wildman–Crippen MR) is 76.5 cm³/mol. The van der Waals surface area contributed by atoms with Crippen molar-refractivity contribution in [3.63, 3.8) is 0 Å². The number of benzene rings is 1. The Labute approximate surface area is 119 Å². The topological polar surface area (TPSA) is 15.3 Å². The Hall–Kier alpha value is 0.01000. The first kappa shape index (κ1) is 15.1. The summed E-state index contributed by atoms with van der Waals surface area (Å²) < 4.78 is 0. The fraction of sp³-hybridized carbons (Fsp3) is 0.500. The molecule has 0 radical (unpaired) electrons. The van der Waals surface area contributed by atoms with Gasteiger partial charge in [0, 0.05) is 32.2 Å². The van der Waals surface area contributed by atoms with Crippen molar-refractivity contribution >= 4 is 35.6 Å². The summed E-state index contributed by atoms with van der Waals surface area (Å²) in [5, 5.41) is 4.71. The van der Waals surface area contributed by atoms with Crippen molar-refractivity contribution in [2.24, 2.45) is 0 Å². The first-order valence-electron chi connectivity index (χ1n) is 5.56. The minimum absolute atomic E-state index is 0. The molecular formula is C12H17Cl3N2. The summed E-state index contributed by atoms with van der Waals surface area (Å²) >= 11 is 12.2. The fourth-order valence-electron chi connectivity index (χ4n) is 2.01. The van der Waals surface area contributed by atoms with Crippen molar-refractivity contribution in [1.82, 2.24) is 10.2 Å². The van der Waals surface area contributed by atoms with Crippen LogP contribution >= 0.6 is 35.6 Å². The molecule has 1 N–H and O–H groups in total. The highest BCUT2D eigenvalue weighted by Crippen LogP contribution is 2.27. The van der Waals surface area contributed by atoms with Crippen molar-refractivity contribution in [3.8, 4) is 0 Å². The molecule has 1 heterocycles. The molecule has 1 aromatic carbocycles. The predicted octanol–water partition coefficient (Wildman–Crippen LogP) is 3.21. The van der Waals surface area contributed by atoms with Crippen molar-refractivity contribution < 1.29 is 0 Å². The minimum Gasteiger partial charge on any atom is -0.314 e. The van der Waals surface area contributed by atoms with Crippen LogP contribution < -0.4 is 5.32 Å². The standard InChI is InChI=1S/C12H16Cl2N2.ClH/c1-9-7-15-5-6-16(9)8-10-3-2-4-11(13)12(10)14;/h2-4,9,15H,5-8H2,1H3;1H/t9-;/m1./s1. The zero-order valence-corrected chi connectivity index (χ0v) is 12.1. The molecular weight excluding hydrogens is 279 g/mol. The number of hydrogen-bond acceptors (Lipinski definition) is 2. The average molecular weight is 296 g/mol. The lowest BCUT2D eigenvalue weighted by Crippen LogP contribution is -2.49. The lowest BCUT2D eigenvalue weighted by molar-refractivity contribution is 0.165. The summed E-state index contributed by atoms with van der Waals surface area (Å²) in [5.74, 6) is 0. The summed E-state index contributed by atoms with van der Waals surface area (Å²) in [5.41, 5.74) is 1.11. The lowest BCUT2D eigenvalue weighted by atomic mass is 10.1. The normalized spacial score (nSPS) is 21.0. The first-order valence-corrected chi connectivity index (χ1v) is 6.31. The van der Waals surface area contributed by atoms with Crippen LogP contribution in [0, 0.1) is 0 Å². The second kappa shape index (κ2) is 6.81. The molecule has 1 aliphatic rings. The molecule has 2 nitrogen and oxygen atoms in total. The summed E-state index contributed by atoms with van der Waals surface area (Å²) in [6, 6.07) is 6.37. The van der Waals surface area contributed by atoms with Crippen molar-refractivity contribution in [2.45, 2.75) is 19.5 Å². The van der Waals surface area contributed by atoms with Gasteiger partial charge in [-0.3, -0.25) is 4.90 Å². The average Bonchev–Trinajstić information content (AvgIpc) is 2.28. The van der Waals surface area contributed by atoms with Crippen LogP contribution in [0.2, 0.25) is 10.0 Å². The third kappa shape index (κ3) is 3.73. The summed E-state index contributed by atoms with van der Waals surface area (Å²) in [6.45, 7) is 6.25. The van der Waals surface area contributed by atoms with E-state index in [4.69, 9.17) is 23.2 Å². The van der Waals surface area contributed by atoms with E-state index in [2.05, 4.69) is 17.1 Å². The van der Waals surface area contributed by atoms with Crippen LogP contribution in [0.5, 0.6) is 0 Å². The van der Waals surface area contributed by atoms with Gasteiger partial charge in [-0.1, -0.05) is 35.3 Å². The quantitative estimate of drug-likeness (QED) is 0.901. The molecule has 0 amide bonds. The second-order valence-electron chi connectivity index (χ2n) is 4.24. The minimum atomic E-state index is 0. The van der Waals surface area contributed by atoms with Crippen LogP contribution in [0.1, 0.15) is 12.5 Å². The Bertz CT molecular complexity index is 371. The molecule has 0 bridgehead atoms. The van der Waals surface area contributed by atoms with Gasteiger partial charge in [0.25, 0.3) is 0 Å². The lowest BCUT2D eigenvalue weighted by Gasteiger charge is -2.34. The van der Waals surface area contributed by atoms with Gasteiger partial charge in [-0.15, -0.1) is 12.4 Å².